The number of rotatable bonds is 14. The molecular weight excluding hydrogens is 466 g/mol. The lowest BCUT2D eigenvalue weighted by atomic mass is 10.4. The van der Waals surface area contributed by atoms with Crippen molar-refractivity contribution < 1.29 is 57.4 Å². The van der Waals surface area contributed by atoms with E-state index >= 15 is 0 Å². The molecule has 8 N–H and O–H groups in total. The molecule has 0 heterocycles. The van der Waals surface area contributed by atoms with Crippen molar-refractivity contribution in [3.05, 3.63) is 0 Å². The standard InChI is InChI=1S/C9H27N3O12P4/c1-10(6-25(13,14)15)2-3-11(7-26(16,17)18)4-5-12(8-27(19,20)21)9-28(22,23)24/h2-9H2,1H3,(H2,13,14,15)(H2,16,17,18)(H2,19,20,21)(H2,22,23,24). The van der Waals surface area contributed by atoms with E-state index in [1.54, 1.807) is 0 Å². The minimum Gasteiger partial charge on any atom is -0.324 e. The van der Waals surface area contributed by atoms with Gasteiger partial charge < -0.3 is 39.1 Å². The van der Waals surface area contributed by atoms with Crippen LogP contribution < -0.4 is 0 Å². The summed E-state index contributed by atoms with van der Waals surface area (Å²) in [7, 11) is -16.8. The van der Waals surface area contributed by atoms with E-state index in [9.17, 15) is 18.3 Å². The average molecular weight is 493 g/mol. The quantitative estimate of drug-likeness (QED) is 0.123. The summed E-state index contributed by atoms with van der Waals surface area (Å²) < 4.78 is 44.5. The zero-order valence-electron chi connectivity index (χ0n) is 15.0. The van der Waals surface area contributed by atoms with Crippen LogP contribution in [0.15, 0.2) is 0 Å². The third-order valence-corrected chi connectivity index (χ3v) is 6.27. The van der Waals surface area contributed by atoms with Gasteiger partial charge in [-0.3, -0.25) is 33.0 Å². The summed E-state index contributed by atoms with van der Waals surface area (Å²) in [6, 6.07) is 0. The molecule has 0 radical (unpaired) electrons. The highest BCUT2D eigenvalue weighted by molar-refractivity contribution is 7.52. The molecule has 0 bridgehead atoms. The fourth-order valence-electron chi connectivity index (χ4n) is 2.20. The van der Waals surface area contributed by atoms with Crippen LogP contribution in [0.2, 0.25) is 0 Å². The summed E-state index contributed by atoms with van der Waals surface area (Å²) in [4.78, 5) is 75.4. The molecular formula is C9H27N3O12P4. The monoisotopic (exact) mass is 493 g/mol. The highest BCUT2D eigenvalue weighted by Crippen LogP contribution is 2.41. The topological polar surface area (TPSA) is 240 Å². The molecule has 19 heteroatoms. The molecule has 0 unspecified atom stereocenters. The summed E-state index contributed by atoms with van der Waals surface area (Å²) in [6.45, 7) is -0.601. The van der Waals surface area contributed by atoms with Crippen LogP contribution in [0.5, 0.6) is 0 Å². The Bertz CT molecular complexity index is 643. The van der Waals surface area contributed by atoms with Gasteiger partial charge in [-0.15, -0.1) is 0 Å². The maximum absolute atomic E-state index is 11.3. The van der Waals surface area contributed by atoms with Gasteiger partial charge in [0.1, 0.15) is 25.1 Å². The lowest BCUT2D eigenvalue weighted by molar-refractivity contribution is 0.204. The molecule has 15 nitrogen and oxygen atoms in total. The normalized spacial score (nSPS) is 14.4. The van der Waals surface area contributed by atoms with Crippen molar-refractivity contribution in [3.8, 4) is 0 Å². The van der Waals surface area contributed by atoms with Crippen molar-refractivity contribution in [1.29, 1.82) is 0 Å². The number of likely N-dealkylation sites (N-methyl/N-ethyl adjacent to an activating group) is 1. The van der Waals surface area contributed by atoms with Gasteiger partial charge in [-0.05, 0) is 7.05 Å². The molecule has 0 aliphatic rings. The van der Waals surface area contributed by atoms with E-state index in [0.717, 1.165) is 4.90 Å². The summed E-state index contributed by atoms with van der Waals surface area (Å²) in [5, 5.41) is 0. The minimum atomic E-state index is -4.65. The van der Waals surface area contributed by atoms with Crippen LogP contribution in [-0.4, -0.2) is 112 Å². The molecule has 0 saturated carbocycles. The van der Waals surface area contributed by atoms with Gasteiger partial charge in [0.15, 0.2) is 0 Å². The summed E-state index contributed by atoms with van der Waals surface area (Å²) in [5.41, 5.74) is 0. The first-order chi connectivity index (χ1) is 12.3. The highest BCUT2D eigenvalue weighted by atomic mass is 31.2. The van der Waals surface area contributed by atoms with Gasteiger partial charge in [0, 0.05) is 26.2 Å². The van der Waals surface area contributed by atoms with Crippen molar-refractivity contribution in [2.24, 2.45) is 0 Å². The van der Waals surface area contributed by atoms with E-state index in [4.69, 9.17) is 39.1 Å². The Labute approximate surface area is 161 Å². The maximum Gasteiger partial charge on any atom is 0.339 e. The molecule has 0 saturated heterocycles. The zero-order valence-corrected chi connectivity index (χ0v) is 18.6. The molecule has 0 amide bonds. The van der Waals surface area contributed by atoms with Crippen molar-refractivity contribution in [3.63, 3.8) is 0 Å². The molecule has 0 rings (SSSR count). The molecule has 0 fully saturated rings. The molecule has 0 atom stereocenters. The third kappa shape index (κ3) is 18.5. The SMILES string of the molecule is CN(CCN(CCN(CP(=O)(O)O)CP(=O)(O)O)CP(=O)(O)O)CP(=O)(O)O. The predicted octanol–water partition coefficient (Wildman–Crippen LogP) is -1.94. The largest absolute Gasteiger partial charge is 0.339 e. The van der Waals surface area contributed by atoms with Crippen LogP contribution in [0.4, 0.5) is 0 Å². The molecule has 0 aromatic carbocycles. The van der Waals surface area contributed by atoms with Gasteiger partial charge in [-0.2, -0.15) is 0 Å². The van der Waals surface area contributed by atoms with Crippen molar-refractivity contribution in [1.82, 2.24) is 14.7 Å². The number of hydrogen-bond donors (Lipinski definition) is 8. The predicted molar refractivity (Wildman–Crippen MR) is 98.6 cm³/mol. The van der Waals surface area contributed by atoms with Gasteiger partial charge >= 0.3 is 30.4 Å². The van der Waals surface area contributed by atoms with Crippen LogP contribution in [0, 0.1) is 0 Å². The van der Waals surface area contributed by atoms with Crippen molar-refractivity contribution >= 4 is 30.4 Å². The molecule has 0 aliphatic heterocycles. The first kappa shape index (κ1) is 28.5. The lowest BCUT2D eigenvalue weighted by Gasteiger charge is -2.29. The van der Waals surface area contributed by atoms with Crippen LogP contribution in [0.1, 0.15) is 0 Å². The van der Waals surface area contributed by atoms with Gasteiger partial charge in [-0.25, -0.2) is 0 Å². The van der Waals surface area contributed by atoms with Crippen molar-refractivity contribution in [2.45, 2.75) is 0 Å². The highest BCUT2D eigenvalue weighted by Gasteiger charge is 2.27. The molecule has 0 aromatic heterocycles. The Morgan fingerprint density at radius 1 is 0.500 bits per heavy atom. The second-order valence-electron chi connectivity index (χ2n) is 6.32. The Kier molecular flexibility index (Phi) is 11.4. The zero-order chi connectivity index (χ0) is 22.4. The van der Waals surface area contributed by atoms with E-state index in [-0.39, 0.29) is 26.2 Å². The Morgan fingerprint density at radius 2 is 0.786 bits per heavy atom. The molecule has 0 aliphatic carbocycles. The van der Waals surface area contributed by atoms with Gasteiger partial charge in [0.2, 0.25) is 0 Å². The van der Waals surface area contributed by atoms with Gasteiger partial charge in [0.25, 0.3) is 0 Å². The van der Waals surface area contributed by atoms with Gasteiger partial charge in [0.05, 0.1) is 0 Å². The van der Waals surface area contributed by atoms with E-state index in [0.29, 0.717) is 0 Å². The van der Waals surface area contributed by atoms with Crippen LogP contribution in [-0.2, 0) is 18.3 Å². The Balaban J connectivity index is 5.03. The fourth-order valence-corrected chi connectivity index (χ4v) is 5.46. The molecule has 0 aromatic rings. The molecule has 28 heavy (non-hydrogen) atoms. The average Bonchev–Trinajstić information content (AvgIpc) is 2.34. The van der Waals surface area contributed by atoms with Crippen LogP contribution in [0.25, 0.3) is 0 Å². The van der Waals surface area contributed by atoms with Crippen molar-refractivity contribution in [2.75, 3.05) is 58.4 Å². The van der Waals surface area contributed by atoms with E-state index in [1.807, 2.05) is 0 Å². The van der Waals surface area contributed by atoms with E-state index in [1.165, 1.54) is 16.8 Å². The summed E-state index contributed by atoms with van der Waals surface area (Å²) in [6.07, 6.45) is -3.25. The number of nitrogens with zero attached hydrogens (tertiary/aromatic N) is 3. The fraction of sp³-hybridized carbons (Fsp3) is 1.00. The summed E-state index contributed by atoms with van der Waals surface area (Å²) >= 11 is 0. The third-order valence-electron chi connectivity index (χ3n) is 3.11. The Morgan fingerprint density at radius 3 is 1.14 bits per heavy atom. The van der Waals surface area contributed by atoms with Crippen LogP contribution in [0.3, 0.4) is 0 Å². The van der Waals surface area contributed by atoms with E-state index < -0.39 is 55.5 Å². The molecule has 0 spiro atoms. The lowest BCUT2D eigenvalue weighted by Crippen LogP contribution is -2.40. The second-order valence-corrected chi connectivity index (χ2v) is 12.8. The second kappa shape index (κ2) is 11.2. The smallest absolute Gasteiger partial charge is 0.324 e. The number of hydrogen-bond acceptors (Lipinski definition) is 7. The maximum atomic E-state index is 11.3. The van der Waals surface area contributed by atoms with Gasteiger partial charge in [-0.1, -0.05) is 0 Å². The van der Waals surface area contributed by atoms with E-state index in [2.05, 4.69) is 0 Å². The minimum absolute atomic E-state index is 0.00208. The first-order valence-electron chi connectivity index (χ1n) is 7.57. The first-order valence-corrected chi connectivity index (χ1v) is 14.8. The Hall–Kier alpha value is 0.480. The van der Waals surface area contributed by atoms with Crippen LogP contribution >= 0.6 is 30.4 Å². The summed E-state index contributed by atoms with van der Waals surface area (Å²) in [5.74, 6) is 0. The molecule has 170 valence electrons.